The van der Waals surface area contributed by atoms with Crippen molar-refractivity contribution in [1.82, 2.24) is 0 Å². The van der Waals surface area contributed by atoms with Crippen molar-refractivity contribution in [3.63, 3.8) is 0 Å². The van der Waals surface area contributed by atoms with Crippen LogP contribution >= 0.6 is 11.6 Å². The Morgan fingerprint density at radius 1 is 1.56 bits per heavy atom. The van der Waals surface area contributed by atoms with Gasteiger partial charge in [0, 0.05) is 23.1 Å². The van der Waals surface area contributed by atoms with E-state index in [0.29, 0.717) is 22.9 Å². The van der Waals surface area contributed by atoms with E-state index in [0.717, 1.165) is 12.8 Å². The van der Waals surface area contributed by atoms with Gasteiger partial charge in [-0.15, -0.1) is 0 Å². The Labute approximate surface area is 98.0 Å². The first-order chi connectivity index (χ1) is 7.58. The lowest BCUT2D eigenvalue weighted by molar-refractivity contribution is -0.385. The molecule has 1 atom stereocenters. The van der Waals surface area contributed by atoms with Crippen LogP contribution in [0.1, 0.15) is 18.4 Å². The minimum Gasteiger partial charge on any atom is -0.392 e. The van der Waals surface area contributed by atoms with Crippen LogP contribution in [0.4, 0.5) is 5.69 Å². The molecule has 0 saturated heterocycles. The highest BCUT2D eigenvalue weighted by atomic mass is 35.5. The van der Waals surface area contributed by atoms with Gasteiger partial charge in [-0.05, 0) is 30.9 Å². The molecule has 1 aromatic carbocycles. The maximum absolute atomic E-state index is 10.8. The summed E-state index contributed by atoms with van der Waals surface area (Å²) in [6.45, 7) is 0. The standard InChI is InChI=1S/C11H12ClNO3/c12-9-3-4-10(13(15)16)8(5-9)6-11(14)7-1-2-7/h3-5,7,11,14H,1-2,6H2. The molecule has 5 heteroatoms. The maximum atomic E-state index is 10.8. The van der Waals surface area contributed by atoms with E-state index in [2.05, 4.69) is 0 Å². The predicted molar refractivity (Wildman–Crippen MR) is 60.5 cm³/mol. The maximum Gasteiger partial charge on any atom is 0.272 e. The topological polar surface area (TPSA) is 63.4 Å². The molecular weight excluding hydrogens is 230 g/mol. The molecule has 1 fully saturated rings. The van der Waals surface area contributed by atoms with Crippen LogP contribution in [0.5, 0.6) is 0 Å². The van der Waals surface area contributed by atoms with Crippen molar-refractivity contribution >= 4 is 17.3 Å². The van der Waals surface area contributed by atoms with Gasteiger partial charge in [-0.2, -0.15) is 0 Å². The molecule has 1 aromatic rings. The van der Waals surface area contributed by atoms with E-state index in [1.54, 1.807) is 6.07 Å². The summed E-state index contributed by atoms with van der Waals surface area (Å²) in [6.07, 6.45) is 1.84. The zero-order valence-corrected chi connectivity index (χ0v) is 9.35. The lowest BCUT2D eigenvalue weighted by atomic mass is 10.0. The van der Waals surface area contributed by atoms with Gasteiger partial charge < -0.3 is 5.11 Å². The Bertz CT molecular complexity index is 418. The smallest absolute Gasteiger partial charge is 0.272 e. The fourth-order valence-corrected chi connectivity index (χ4v) is 1.96. The minimum atomic E-state index is -0.489. The van der Waals surface area contributed by atoms with E-state index in [1.165, 1.54) is 12.1 Å². The molecule has 1 N–H and O–H groups in total. The number of aliphatic hydroxyl groups is 1. The van der Waals surface area contributed by atoms with Crippen LogP contribution in [-0.4, -0.2) is 16.1 Å². The highest BCUT2D eigenvalue weighted by Gasteiger charge is 2.31. The van der Waals surface area contributed by atoms with Crippen molar-refractivity contribution in [2.24, 2.45) is 5.92 Å². The third kappa shape index (κ3) is 2.51. The summed E-state index contributed by atoms with van der Waals surface area (Å²) in [7, 11) is 0. The zero-order chi connectivity index (χ0) is 11.7. The predicted octanol–water partition coefficient (Wildman–Crippen LogP) is 2.56. The summed E-state index contributed by atoms with van der Waals surface area (Å²) in [5, 5.41) is 21.0. The van der Waals surface area contributed by atoms with Crippen LogP contribution in [0, 0.1) is 16.0 Å². The fraction of sp³-hybridized carbons (Fsp3) is 0.455. The summed E-state index contributed by atoms with van der Waals surface area (Å²) < 4.78 is 0. The van der Waals surface area contributed by atoms with Crippen molar-refractivity contribution in [2.75, 3.05) is 0 Å². The first-order valence-electron chi connectivity index (χ1n) is 5.19. The van der Waals surface area contributed by atoms with Crippen LogP contribution in [0.3, 0.4) is 0 Å². The average Bonchev–Trinajstić information content (AvgIpc) is 2.99. The number of nitro groups is 1. The average molecular weight is 242 g/mol. The molecule has 0 spiro atoms. The number of benzene rings is 1. The molecule has 2 rings (SSSR count). The molecule has 0 radical (unpaired) electrons. The normalized spacial score (nSPS) is 17.1. The fourth-order valence-electron chi connectivity index (χ4n) is 1.77. The lowest BCUT2D eigenvalue weighted by Gasteiger charge is -2.09. The van der Waals surface area contributed by atoms with Crippen molar-refractivity contribution in [3.8, 4) is 0 Å². The van der Waals surface area contributed by atoms with E-state index in [4.69, 9.17) is 11.6 Å². The molecule has 1 saturated carbocycles. The molecule has 0 aromatic heterocycles. The van der Waals surface area contributed by atoms with Gasteiger partial charge in [-0.3, -0.25) is 10.1 Å². The number of hydrogen-bond acceptors (Lipinski definition) is 3. The van der Waals surface area contributed by atoms with Gasteiger partial charge in [-0.25, -0.2) is 0 Å². The molecule has 1 aliphatic rings. The Balaban J connectivity index is 2.22. The second-order valence-electron chi connectivity index (χ2n) is 4.14. The Hall–Kier alpha value is -1.13. The minimum absolute atomic E-state index is 0.0316. The summed E-state index contributed by atoms with van der Waals surface area (Å²) in [6, 6.07) is 4.44. The van der Waals surface area contributed by atoms with Crippen LogP contribution in [0.25, 0.3) is 0 Å². The van der Waals surface area contributed by atoms with Gasteiger partial charge in [0.1, 0.15) is 0 Å². The molecule has 1 unspecified atom stereocenters. The molecule has 0 heterocycles. The number of hydrogen-bond donors (Lipinski definition) is 1. The van der Waals surface area contributed by atoms with E-state index in [1.807, 2.05) is 0 Å². The summed E-state index contributed by atoms with van der Waals surface area (Å²) in [5.41, 5.74) is 0.543. The Kier molecular flexibility index (Phi) is 3.12. The second-order valence-corrected chi connectivity index (χ2v) is 4.58. The number of rotatable bonds is 4. The molecular formula is C11H12ClNO3. The van der Waals surface area contributed by atoms with Gasteiger partial charge in [0.15, 0.2) is 0 Å². The van der Waals surface area contributed by atoms with Gasteiger partial charge >= 0.3 is 0 Å². The molecule has 1 aliphatic carbocycles. The van der Waals surface area contributed by atoms with E-state index in [9.17, 15) is 15.2 Å². The lowest BCUT2D eigenvalue weighted by Crippen LogP contribution is -2.13. The Morgan fingerprint density at radius 2 is 2.25 bits per heavy atom. The highest BCUT2D eigenvalue weighted by Crippen LogP contribution is 2.35. The number of nitro benzene ring substituents is 1. The third-order valence-corrected chi connectivity index (χ3v) is 3.07. The molecule has 86 valence electrons. The number of halogens is 1. The molecule has 0 bridgehead atoms. The first kappa shape index (κ1) is 11.4. The third-order valence-electron chi connectivity index (χ3n) is 2.83. The monoisotopic (exact) mass is 241 g/mol. The number of nitrogens with zero attached hydrogens (tertiary/aromatic N) is 1. The second kappa shape index (κ2) is 4.39. The Morgan fingerprint density at radius 3 is 2.81 bits per heavy atom. The molecule has 0 amide bonds. The van der Waals surface area contributed by atoms with Crippen LogP contribution in [0.15, 0.2) is 18.2 Å². The molecule has 0 aliphatic heterocycles. The summed E-state index contributed by atoms with van der Waals surface area (Å²) >= 11 is 5.80. The van der Waals surface area contributed by atoms with Crippen molar-refractivity contribution in [2.45, 2.75) is 25.4 Å². The SMILES string of the molecule is O=[N+]([O-])c1ccc(Cl)cc1CC(O)C1CC1. The van der Waals surface area contributed by atoms with E-state index < -0.39 is 11.0 Å². The molecule has 16 heavy (non-hydrogen) atoms. The zero-order valence-electron chi connectivity index (χ0n) is 8.60. The van der Waals surface area contributed by atoms with Gasteiger partial charge in [0.2, 0.25) is 0 Å². The first-order valence-corrected chi connectivity index (χ1v) is 5.56. The largest absolute Gasteiger partial charge is 0.392 e. The number of aliphatic hydroxyl groups excluding tert-OH is 1. The molecule has 4 nitrogen and oxygen atoms in total. The van der Waals surface area contributed by atoms with Crippen LogP contribution in [0.2, 0.25) is 5.02 Å². The summed E-state index contributed by atoms with van der Waals surface area (Å²) in [5.74, 6) is 0.304. The van der Waals surface area contributed by atoms with Crippen molar-refractivity contribution in [3.05, 3.63) is 38.9 Å². The van der Waals surface area contributed by atoms with Gasteiger partial charge in [0.05, 0.1) is 11.0 Å². The highest BCUT2D eigenvalue weighted by molar-refractivity contribution is 6.30. The van der Waals surface area contributed by atoms with Crippen LogP contribution in [-0.2, 0) is 6.42 Å². The van der Waals surface area contributed by atoms with Crippen molar-refractivity contribution < 1.29 is 10.0 Å². The quantitative estimate of drug-likeness (QED) is 0.651. The summed E-state index contributed by atoms with van der Waals surface area (Å²) in [4.78, 5) is 10.3. The van der Waals surface area contributed by atoms with Gasteiger partial charge in [-0.1, -0.05) is 11.6 Å². The van der Waals surface area contributed by atoms with E-state index >= 15 is 0 Å². The van der Waals surface area contributed by atoms with Crippen molar-refractivity contribution in [1.29, 1.82) is 0 Å². The van der Waals surface area contributed by atoms with E-state index in [-0.39, 0.29) is 5.69 Å². The van der Waals surface area contributed by atoms with Gasteiger partial charge in [0.25, 0.3) is 5.69 Å². The van der Waals surface area contributed by atoms with Crippen LogP contribution < -0.4 is 0 Å².